The van der Waals surface area contributed by atoms with Crippen molar-refractivity contribution in [2.75, 3.05) is 0 Å². The lowest BCUT2D eigenvalue weighted by molar-refractivity contribution is -0.135. The van der Waals surface area contributed by atoms with Crippen LogP contribution in [-0.2, 0) is 4.79 Å². The van der Waals surface area contributed by atoms with E-state index in [1.807, 2.05) is 28.8 Å². The summed E-state index contributed by atoms with van der Waals surface area (Å²) >= 11 is 0. The normalized spacial score (nSPS) is 11.2. The standard InChI is InChI=1S/C11H10N2O2/c14-11(15)6-3-4-9-10-5-1-2-7-13(10)8-12-9/h1-5,7-8H,6H2,(H,14,15)/b4-3+. The van der Waals surface area contributed by atoms with Crippen molar-refractivity contribution in [1.82, 2.24) is 9.38 Å². The van der Waals surface area contributed by atoms with Gasteiger partial charge in [-0.05, 0) is 18.2 Å². The zero-order valence-electron chi connectivity index (χ0n) is 8.00. The number of pyridine rings is 1. The lowest BCUT2D eigenvalue weighted by atomic mass is 10.3. The topological polar surface area (TPSA) is 54.6 Å². The molecule has 2 heterocycles. The second-order valence-electron chi connectivity index (χ2n) is 3.12. The minimum absolute atomic E-state index is 0.0197. The third kappa shape index (κ3) is 2.04. The number of carbonyl (C=O) groups is 1. The molecule has 0 saturated heterocycles. The van der Waals surface area contributed by atoms with E-state index in [1.165, 1.54) is 0 Å². The molecule has 0 atom stereocenters. The summed E-state index contributed by atoms with van der Waals surface area (Å²) in [5.41, 5.74) is 1.76. The van der Waals surface area contributed by atoms with Crippen molar-refractivity contribution >= 4 is 17.6 Å². The van der Waals surface area contributed by atoms with Crippen molar-refractivity contribution in [3.8, 4) is 0 Å². The molecule has 0 aliphatic rings. The summed E-state index contributed by atoms with van der Waals surface area (Å²) < 4.78 is 1.89. The molecule has 0 saturated carbocycles. The Morgan fingerprint density at radius 3 is 3.20 bits per heavy atom. The molecule has 76 valence electrons. The van der Waals surface area contributed by atoms with E-state index in [4.69, 9.17) is 5.11 Å². The Hall–Kier alpha value is -2.10. The van der Waals surface area contributed by atoms with E-state index in [0.717, 1.165) is 11.2 Å². The first-order valence-electron chi connectivity index (χ1n) is 4.57. The van der Waals surface area contributed by atoms with Crippen LogP contribution in [0.1, 0.15) is 12.1 Å². The van der Waals surface area contributed by atoms with Crippen molar-refractivity contribution in [1.29, 1.82) is 0 Å². The van der Waals surface area contributed by atoms with Gasteiger partial charge in [-0.3, -0.25) is 4.79 Å². The van der Waals surface area contributed by atoms with Crippen LogP contribution < -0.4 is 0 Å². The Balaban J connectivity index is 2.28. The summed E-state index contributed by atoms with van der Waals surface area (Å²) in [6.45, 7) is 0. The van der Waals surface area contributed by atoms with Gasteiger partial charge >= 0.3 is 5.97 Å². The van der Waals surface area contributed by atoms with Gasteiger partial charge < -0.3 is 9.51 Å². The van der Waals surface area contributed by atoms with Gasteiger partial charge in [0.15, 0.2) is 0 Å². The number of hydrogen-bond donors (Lipinski definition) is 1. The van der Waals surface area contributed by atoms with Crippen LogP contribution in [0.4, 0.5) is 0 Å². The smallest absolute Gasteiger partial charge is 0.307 e. The van der Waals surface area contributed by atoms with E-state index in [2.05, 4.69) is 4.98 Å². The van der Waals surface area contributed by atoms with E-state index < -0.39 is 5.97 Å². The number of carboxylic acids is 1. The van der Waals surface area contributed by atoms with Gasteiger partial charge in [0.25, 0.3) is 0 Å². The largest absolute Gasteiger partial charge is 0.481 e. The van der Waals surface area contributed by atoms with Crippen LogP contribution in [0.5, 0.6) is 0 Å². The summed E-state index contributed by atoms with van der Waals surface area (Å²) in [6, 6.07) is 5.78. The number of hydrogen-bond acceptors (Lipinski definition) is 2. The highest BCUT2D eigenvalue weighted by atomic mass is 16.4. The zero-order valence-corrected chi connectivity index (χ0v) is 8.00. The van der Waals surface area contributed by atoms with E-state index in [-0.39, 0.29) is 6.42 Å². The van der Waals surface area contributed by atoms with E-state index in [0.29, 0.717) is 0 Å². The average molecular weight is 202 g/mol. The second kappa shape index (κ2) is 3.96. The molecule has 4 heteroatoms. The fourth-order valence-corrected chi connectivity index (χ4v) is 1.36. The molecule has 2 aromatic rings. The highest BCUT2D eigenvalue weighted by Gasteiger charge is 1.99. The molecule has 0 unspecified atom stereocenters. The van der Waals surface area contributed by atoms with Crippen LogP contribution >= 0.6 is 0 Å². The Bertz CT molecular complexity index is 514. The quantitative estimate of drug-likeness (QED) is 0.825. The molecular weight excluding hydrogens is 192 g/mol. The molecule has 0 bridgehead atoms. The lowest BCUT2D eigenvalue weighted by Crippen LogP contribution is -1.89. The zero-order chi connectivity index (χ0) is 10.7. The molecule has 0 aliphatic carbocycles. The molecular formula is C11H10N2O2. The predicted octanol–water partition coefficient (Wildman–Crippen LogP) is 1.82. The van der Waals surface area contributed by atoms with Gasteiger partial charge in [-0.1, -0.05) is 12.1 Å². The molecule has 1 N–H and O–H groups in total. The van der Waals surface area contributed by atoms with Crippen LogP contribution in [0.25, 0.3) is 11.6 Å². The Morgan fingerprint density at radius 1 is 1.53 bits per heavy atom. The number of fused-ring (bicyclic) bond motifs is 1. The molecule has 15 heavy (non-hydrogen) atoms. The third-order valence-corrected chi connectivity index (χ3v) is 2.04. The average Bonchev–Trinajstić information content (AvgIpc) is 2.62. The highest BCUT2D eigenvalue weighted by Crippen LogP contribution is 2.10. The molecule has 0 aromatic carbocycles. The van der Waals surface area contributed by atoms with Crippen molar-refractivity contribution in [2.24, 2.45) is 0 Å². The molecule has 2 rings (SSSR count). The number of rotatable bonds is 3. The van der Waals surface area contributed by atoms with E-state index in [9.17, 15) is 4.79 Å². The number of aromatic nitrogens is 2. The van der Waals surface area contributed by atoms with Gasteiger partial charge in [0, 0.05) is 6.20 Å². The predicted molar refractivity (Wildman–Crippen MR) is 56.5 cm³/mol. The highest BCUT2D eigenvalue weighted by molar-refractivity contribution is 5.72. The van der Waals surface area contributed by atoms with Crippen molar-refractivity contribution in [2.45, 2.75) is 6.42 Å². The van der Waals surface area contributed by atoms with Crippen LogP contribution in [-0.4, -0.2) is 20.5 Å². The Labute approximate surface area is 86.5 Å². The van der Waals surface area contributed by atoms with Gasteiger partial charge in [-0.15, -0.1) is 0 Å². The van der Waals surface area contributed by atoms with Crippen molar-refractivity contribution < 1.29 is 9.90 Å². The van der Waals surface area contributed by atoms with E-state index >= 15 is 0 Å². The summed E-state index contributed by atoms with van der Waals surface area (Å²) in [5, 5.41) is 8.48. The molecule has 0 spiro atoms. The second-order valence-corrected chi connectivity index (χ2v) is 3.12. The van der Waals surface area contributed by atoms with Crippen molar-refractivity contribution in [3.05, 3.63) is 42.5 Å². The fourth-order valence-electron chi connectivity index (χ4n) is 1.36. The summed E-state index contributed by atoms with van der Waals surface area (Å²) in [4.78, 5) is 14.5. The lowest BCUT2D eigenvalue weighted by Gasteiger charge is -1.91. The molecule has 0 aliphatic heterocycles. The molecule has 0 fully saturated rings. The van der Waals surface area contributed by atoms with Crippen LogP contribution in [0.3, 0.4) is 0 Å². The molecule has 0 radical (unpaired) electrons. The summed E-state index contributed by atoms with van der Waals surface area (Å²) in [6.07, 6.45) is 6.94. The summed E-state index contributed by atoms with van der Waals surface area (Å²) in [7, 11) is 0. The Kier molecular flexibility index (Phi) is 2.49. The van der Waals surface area contributed by atoms with E-state index in [1.54, 1.807) is 18.5 Å². The first-order chi connectivity index (χ1) is 7.27. The Morgan fingerprint density at radius 2 is 2.40 bits per heavy atom. The first-order valence-corrected chi connectivity index (χ1v) is 4.57. The third-order valence-electron chi connectivity index (χ3n) is 2.04. The molecule has 0 amide bonds. The summed E-state index contributed by atoms with van der Waals surface area (Å²) in [5.74, 6) is -0.838. The molecule has 4 nitrogen and oxygen atoms in total. The molecule has 2 aromatic heterocycles. The van der Waals surface area contributed by atoms with Gasteiger partial charge in [-0.25, -0.2) is 4.98 Å². The number of nitrogens with zero attached hydrogens (tertiary/aromatic N) is 2. The van der Waals surface area contributed by atoms with Gasteiger partial charge in [0.1, 0.15) is 0 Å². The van der Waals surface area contributed by atoms with Crippen LogP contribution in [0.15, 0.2) is 36.8 Å². The van der Waals surface area contributed by atoms with Gasteiger partial charge in [0.2, 0.25) is 0 Å². The minimum atomic E-state index is -0.838. The minimum Gasteiger partial charge on any atom is -0.481 e. The van der Waals surface area contributed by atoms with Crippen LogP contribution in [0, 0.1) is 0 Å². The maximum Gasteiger partial charge on any atom is 0.307 e. The van der Waals surface area contributed by atoms with Gasteiger partial charge in [-0.2, -0.15) is 0 Å². The SMILES string of the molecule is O=C(O)C/C=C/c1ncn2ccccc12. The number of imidazole rings is 1. The van der Waals surface area contributed by atoms with Gasteiger partial charge in [0.05, 0.1) is 24.0 Å². The maximum absolute atomic E-state index is 10.3. The number of carboxylic acid groups (broad SMARTS) is 1. The first kappa shape index (κ1) is 9.45. The van der Waals surface area contributed by atoms with Crippen molar-refractivity contribution in [3.63, 3.8) is 0 Å². The fraction of sp³-hybridized carbons (Fsp3) is 0.0909. The maximum atomic E-state index is 10.3. The van der Waals surface area contributed by atoms with Crippen LogP contribution in [0.2, 0.25) is 0 Å². The number of aliphatic carboxylic acids is 1. The monoisotopic (exact) mass is 202 g/mol.